The lowest BCUT2D eigenvalue weighted by atomic mass is 10.1. The topological polar surface area (TPSA) is 66.6 Å². The average molecular weight is 239 g/mol. The minimum atomic E-state index is -0.372. The molecule has 2 fully saturated rings. The first kappa shape index (κ1) is 12.4. The second kappa shape index (κ2) is 5.04. The SMILES string of the molecule is CCC[C@H](N)C(=O)N1CCN2C(=O)CCC2C1. The molecule has 5 nitrogen and oxygen atoms in total. The van der Waals surface area contributed by atoms with Gasteiger partial charge in [0.1, 0.15) is 0 Å². The van der Waals surface area contributed by atoms with Crippen molar-refractivity contribution in [2.45, 2.75) is 44.7 Å². The number of rotatable bonds is 3. The van der Waals surface area contributed by atoms with Crippen LogP contribution in [0.3, 0.4) is 0 Å². The lowest BCUT2D eigenvalue weighted by Crippen LogP contribution is -2.56. The lowest BCUT2D eigenvalue weighted by molar-refractivity contribution is -0.140. The fourth-order valence-electron chi connectivity index (χ4n) is 2.73. The van der Waals surface area contributed by atoms with E-state index < -0.39 is 0 Å². The van der Waals surface area contributed by atoms with Crippen molar-refractivity contribution in [3.05, 3.63) is 0 Å². The highest BCUT2D eigenvalue weighted by Crippen LogP contribution is 2.23. The van der Waals surface area contributed by atoms with Crippen molar-refractivity contribution in [1.82, 2.24) is 9.80 Å². The van der Waals surface area contributed by atoms with Crippen molar-refractivity contribution in [1.29, 1.82) is 0 Å². The quantitative estimate of drug-likeness (QED) is 0.750. The van der Waals surface area contributed by atoms with Crippen LogP contribution in [0.15, 0.2) is 0 Å². The van der Waals surface area contributed by atoms with Crippen molar-refractivity contribution < 1.29 is 9.59 Å². The predicted molar refractivity (Wildman–Crippen MR) is 64.2 cm³/mol. The molecule has 5 heteroatoms. The van der Waals surface area contributed by atoms with E-state index in [4.69, 9.17) is 5.73 Å². The van der Waals surface area contributed by atoms with Crippen LogP contribution in [0.1, 0.15) is 32.6 Å². The molecule has 0 aromatic carbocycles. The maximum atomic E-state index is 12.1. The smallest absolute Gasteiger partial charge is 0.239 e. The molecule has 2 amide bonds. The molecule has 2 aliphatic rings. The Morgan fingerprint density at radius 1 is 1.53 bits per heavy atom. The molecule has 0 aliphatic carbocycles. The summed E-state index contributed by atoms with van der Waals surface area (Å²) in [6.45, 7) is 4.01. The van der Waals surface area contributed by atoms with Gasteiger partial charge in [-0.3, -0.25) is 9.59 Å². The molecule has 0 saturated carbocycles. The second-order valence-corrected chi connectivity index (χ2v) is 4.96. The van der Waals surface area contributed by atoms with Gasteiger partial charge in [0, 0.05) is 32.1 Å². The Balaban J connectivity index is 1.92. The second-order valence-electron chi connectivity index (χ2n) is 4.96. The molecule has 2 N–H and O–H groups in total. The summed E-state index contributed by atoms with van der Waals surface area (Å²) in [7, 11) is 0. The van der Waals surface area contributed by atoms with Crippen LogP contribution >= 0.6 is 0 Å². The number of carbonyl (C=O) groups excluding carboxylic acids is 2. The molecule has 2 atom stereocenters. The molecule has 0 aromatic heterocycles. The monoisotopic (exact) mass is 239 g/mol. The summed E-state index contributed by atoms with van der Waals surface area (Å²) in [5.41, 5.74) is 5.85. The van der Waals surface area contributed by atoms with Gasteiger partial charge in [-0.2, -0.15) is 0 Å². The minimum Gasteiger partial charge on any atom is -0.338 e. The summed E-state index contributed by atoms with van der Waals surface area (Å²) in [5.74, 6) is 0.283. The third-order valence-corrected chi connectivity index (χ3v) is 3.72. The van der Waals surface area contributed by atoms with E-state index in [0.717, 1.165) is 19.3 Å². The molecule has 96 valence electrons. The Morgan fingerprint density at radius 3 is 3.00 bits per heavy atom. The maximum Gasteiger partial charge on any atom is 0.239 e. The Labute approximate surface area is 102 Å². The highest BCUT2D eigenvalue weighted by Gasteiger charge is 2.37. The Morgan fingerprint density at radius 2 is 2.29 bits per heavy atom. The van der Waals surface area contributed by atoms with Crippen LogP contribution in [-0.4, -0.2) is 53.3 Å². The minimum absolute atomic E-state index is 0.0471. The fourth-order valence-corrected chi connectivity index (χ4v) is 2.73. The van der Waals surface area contributed by atoms with Crippen molar-refractivity contribution >= 4 is 11.8 Å². The number of hydrogen-bond donors (Lipinski definition) is 1. The number of amides is 2. The lowest BCUT2D eigenvalue weighted by Gasteiger charge is -2.38. The van der Waals surface area contributed by atoms with Gasteiger partial charge < -0.3 is 15.5 Å². The zero-order valence-corrected chi connectivity index (χ0v) is 10.4. The molecule has 0 bridgehead atoms. The van der Waals surface area contributed by atoms with Gasteiger partial charge in [0.25, 0.3) is 0 Å². The number of hydrogen-bond acceptors (Lipinski definition) is 3. The van der Waals surface area contributed by atoms with E-state index in [1.165, 1.54) is 0 Å². The van der Waals surface area contributed by atoms with Crippen molar-refractivity contribution in [3.8, 4) is 0 Å². The molecule has 0 aromatic rings. The summed E-state index contributed by atoms with van der Waals surface area (Å²) < 4.78 is 0. The molecule has 2 rings (SSSR count). The zero-order chi connectivity index (χ0) is 12.4. The number of fused-ring (bicyclic) bond motifs is 1. The fraction of sp³-hybridized carbons (Fsp3) is 0.833. The van der Waals surface area contributed by atoms with Crippen molar-refractivity contribution in [3.63, 3.8) is 0 Å². The molecular formula is C12H21N3O2. The third kappa shape index (κ3) is 2.44. The van der Waals surface area contributed by atoms with Gasteiger partial charge in [0.15, 0.2) is 0 Å². The molecule has 1 unspecified atom stereocenters. The number of nitrogens with zero attached hydrogens (tertiary/aromatic N) is 2. The van der Waals surface area contributed by atoms with Gasteiger partial charge in [-0.1, -0.05) is 13.3 Å². The Kier molecular flexibility index (Phi) is 3.66. The third-order valence-electron chi connectivity index (χ3n) is 3.72. The molecule has 0 spiro atoms. The molecule has 17 heavy (non-hydrogen) atoms. The maximum absolute atomic E-state index is 12.1. The van der Waals surface area contributed by atoms with E-state index in [2.05, 4.69) is 0 Å². The van der Waals surface area contributed by atoms with E-state index in [1.54, 1.807) is 0 Å². The van der Waals surface area contributed by atoms with Gasteiger partial charge in [-0.25, -0.2) is 0 Å². The highest BCUT2D eigenvalue weighted by atomic mass is 16.2. The van der Waals surface area contributed by atoms with Crippen molar-refractivity contribution in [2.75, 3.05) is 19.6 Å². The van der Waals surface area contributed by atoms with Crippen LogP contribution in [0.4, 0.5) is 0 Å². The number of piperazine rings is 1. The van der Waals surface area contributed by atoms with Gasteiger partial charge in [0.05, 0.1) is 6.04 Å². The largest absolute Gasteiger partial charge is 0.338 e. The van der Waals surface area contributed by atoms with E-state index in [9.17, 15) is 9.59 Å². The van der Waals surface area contributed by atoms with E-state index in [1.807, 2.05) is 16.7 Å². The molecule has 2 saturated heterocycles. The van der Waals surface area contributed by atoms with Crippen LogP contribution in [0.25, 0.3) is 0 Å². The van der Waals surface area contributed by atoms with Gasteiger partial charge in [-0.05, 0) is 12.8 Å². The standard InChI is InChI=1S/C12H21N3O2/c1-2-3-10(13)12(17)14-6-7-15-9(8-14)4-5-11(15)16/h9-10H,2-8,13H2,1H3/t9?,10-/m0/s1. The van der Waals surface area contributed by atoms with Gasteiger partial charge in [0.2, 0.25) is 11.8 Å². The van der Waals surface area contributed by atoms with Crippen molar-refractivity contribution in [2.24, 2.45) is 5.73 Å². The summed E-state index contributed by atoms with van der Waals surface area (Å²) in [6, 6.07) is -0.141. The number of nitrogens with two attached hydrogens (primary N) is 1. The molecule has 2 heterocycles. The van der Waals surface area contributed by atoms with Crippen LogP contribution in [0.2, 0.25) is 0 Å². The van der Waals surface area contributed by atoms with Gasteiger partial charge >= 0.3 is 0 Å². The highest BCUT2D eigenvalue weighted by molar-refractivity contribution is 5.83. The average Bonchev–Trinajstić information content (AvgIpc) is 2.70. The summed E-state index contributed by atoms with van der Waals surface area (Å²) in [6.07, 6.45) is 3.18. The first-order valence-electron chi connectivity index (χ1n) is 6.47. The first-order valence-corrected chi connectivity index (χ1v) is 6.47. The van der Waals surface area contributed by atoms with Crippen LogP contribution in [0, 0.1) is 0 Å². The predicted octanol–water partition coefficient (Wildman–Crippen LogP) is -0.0530. The van der Waals surface area contributed by atoms with E-state index in [0.29, 0.717) is 26.1 Å². The number of carbonyl (C=O) groups is 2. The van der Waals surface area contributed by atoms with E-state index >= 15 is 0 Å². The normalized spacial score (nSPS) is 26.0. The summed E-state index contributed by atoms with van der Waals surface area (Å²) >= 11 is 0. The van der Waals surface area contributed by atoms with E-state index in [-0.39, 0.29) is 23.9 Å². The van der Waals surface area contributed by atoms with Crippen LogP contribution in [-0.2, 0) is 9.59 Å². The molecule has 2 aliphatic heterocycles. The Hall–Kier alpha value is -1.10. The molecule has 0 radical (unpaired) electrons. The zero-order valence-electron chi connectivity index (χ0n) is 10.4. The Bertz CT molecular complexity index is 319. The van der Waals surface area contributed by atoms with Crippen LogP contribution in [0.5, 0.6) is 0 Å². The molecular weight excluding hydrogens is 218 g/mol. The van der Waals surface area contributed by atoms with Crippen LogP contribution < -0.4 is 5.73 Å². The summed E-state index contributed by atoms with van der Waals surface area (Å²) in [4.78, 5) is 27.3. The summed E-state index contributed by atoms with van der Waals surface area (Å²) in [5, 5.41) is 0. The first-order chi connectivity index (χ1) is 8.13. The van der Waals surface area contributed by atoms with Gasteiger partial charge in [-0.15, -0.1) is 0 Å².